The zero-order valence-electron chi connectivity index (χ0n) is 19.2. The fourth-order valence-electron chi connectivity index (χ4n) is 2.79. The second kappa shape index (κ2) is 11.0. The molecule has 0 radical (unpaired) electrons. The quantitative estimate of drug-likeness (QED) is 0.401. The van der Waals surface area contributed by atoms with Crippen molar-refractivity contribution < 1.29 is 18.6 Å². The van der Waals surface area contributed by atoms with E-state index >= 15 is 0 Å². The van der Waals surface area contributed by atoms with Crippen LogP contribution in [-0.4, -0.2) is 63.2 Å². The predicted octanol–water partition coefficient (Wildman–Crippen LogP) is 6.19. The van der Waals surface area contributed by atoms with Crippen molar-refractivity contribution in [2.75, 3.05) is 51.3 Å². The van der Waals surface area contributed by atoms with Crippen molar-refractivity contribution in [3.63, 3.8) is 0 Å². The number of carbonyl (C=O) groups is 2. The number of rotatable bonds is 10. The fraction of sp³-hybridized carbons (Fsp3) is 0.900. The molecule has 0 aliphatic carbocycles. The topological polar surface area (TPSA) is 52.6 Å². The summed E-state index contributed by atoms with van der Waals surface area (Å²) in [7, 11) is 0. The van der Waals surface area contributed by atoms with Gasteiger partial charge < -0.3 is 0 Å². The van der Waals surface area contributed by atoms with Crippen LogP contribution in [0.15, 0.2) is 0 Å². The monoisotopic (exact) mass is 412 g/mol. The minimum atomic E-state index is -2.16. The molecule has 0 N–H and O–H groups in total. The molecule has 0 saturated heterocycles. The zero-order chi connectivity index (χ0) is 21.1. The predicted molar refractivity (Wildman–Crippen MR) is 122 cm³/mol. The first-order valence-corrected chi connectivity index (χ1v) is 17.0. The van der Waals surface area contributed by atoms with Crippen LogP contribution in [0.3, 0.4) is 0 Å². The van der Waals surface area contributed by atoms with Crippen LogP contribution in [0.2, 0.25) is 0 Å². The second-order valence-corrected chi connectivity index (χ2v) is 22.4. The Morgan fingerprint density at radius 1 is 0.615 bits per heavy atom. The summed E-state index contributed by atoms with van der Waals surface area (Å²) in [6, 6.07) is 0. The molecule has 0 aromatic rings. The Morgan fingerprint density at radius 2 is 0.923 bits per heavy atom. The first-order valence-electron chi connectivity index (χ1n) is 10.2. The van der Waals surface area contributed by atoms with Gasteiger partial charge in [0.25, 0.3) is 0 Å². The molecule has 0 aliphatic rings. The molecule has 0 atom stereocenters. The molecule has 0 aromatic heterocycles. The van der Waals surface area contributed by atoms with E-state index in [0.29, 0.717) is 12.8 Å². The van der Waals surface area contributed by atoms with Crippen LogP contribution in [0.4, 0.5) is 0 Å². The third kappa shape index (κ3) is 10.8. The standard InChI is InChI=1S/C12H27O2P.C8H19O2P/c1-6-11-12(13)14-15(7-2,8-3,9-4)10-5;1-6-7-8(9)10-11(2,3,4)5/h6-11H2,1-5H3;6-7H2,1-5H3. The van der Waals surface area contributed by atoms with Crippen molar-refractivity contribution in [1.29, 1.82) is 0 Å². The van der Waals surface area contributed by atoms with Crippen molar-refractivity contribution >= 4 is 25.6 Å². The third-order valence-electron chi connectivity index (χ3n) is 4.93. The molecule has 0 spiro atoms. The second-order valence-electron chi connectivity index (χ2n) is 8.96. The number of carbonyl (C=O) groups excluding carboxylic acids is 2. The van der Waals surface area contributed by atoms with Gasteiger partial charge in [0.05, 0.1) is 0 Å². The molecular weight excluding hydrogens is 366 g/mol. The van der Waals surface area contributed by atoms with E-state index in [-0.39, 0.29) is 11.9 Å². The minimum absolute atomic E-state index is 0.0163. The van der Waals surface area contributed by atoms with Crippen LogP contribution < -0.4 is 0 Å². The van der Waals surface area contributed by atoms with Gasteiger partial charge in [-0.05, 0) is 0 Å². The Hall–Kier alpha value is -0.200. The number of hydrogen-bond donors (Lipinski definition) is 0. The summed E-state index contributed by atoms with van der Waals surface area (Å²) >= 11 is 0. The molecule has 0 amide bonds. The van der Waals surface area contributed by atoms with Gasteiger partial charge in [0.2, 0.25) is 0 Å². The third-order valence-corrected chi connectivity index (χ3v) is 13.0. The Kier molecular flexibility index (Phi) is 11.8. The molecule has 0 rings (SSSR count). The van der Waals surface area contributed by atoms with Crippen LogP contribution in [0.5, 0.6) is 0 Å². The van der Waals surface area contributed by atoms with Crippen LogP contribution in [0.1, 0.15) is 67.2 Å². The Balaban J connectivity index is 0. The molecule has 6 heteroatoms. The normalized spacial score (nSPS) is 14.7. The van der Waals surface area contributed by atoms with Crippen LogP contribution in [-0.2, 0) is 18.6 Å². The van der Waals surface area contributed by atoms with E-state index in [1.54, 1.807) is 0 Å². The summed E-state index contributed by atoms with van der Waals surface area (Å²) in [5, 5.41) is 0. The zero-order valence-corrected chi connectivity index (χ0v) is 21.0. The van der Waals surface area contributed by atoms with Gasteiger partial charge in [0.1, 0.15) is 0 Å². The van der Waals surface area contributed by atoms with Crippen molar-refractivity contribution in [2.24, 2.45) is 0 Å². The van der Waals surface area contributed by atoms with Crippen LogP contribution in [0, 0.1) is 0 Å². The maximum atomic E-state index is 11.7. The summed E-state index contributed by atoms with van der Waals surface area (Å²) in [5.41, 5.74) is 0. The van der Waals surface area contributed by atoms with E-state index in [4.69, 9.17) is 9.05 Å². The van der Waals surface area contributed by atoms with E-state index < -0.39 is 13.7 Å². The molecule has 0 aromatic carbocycles. The average molecular weight is 413 g/mol. The molecule has 0 saturated carbocycles. The maximum absolute atomic E-state index is 11.7. The molecule has 26 heavy (non-hydrogen) atoms. The molecule has 0 aliphatic heterocycles. The number of hydrogen-bond acceptors (Lipinski definition) is 4. The van der Waals surface area contributed by atoms with E-state index in [1.807, 2.05) is 40.5 Å². The Bertz CT molecular complexity index is 416. The van der Waals surface area contributed by atoms with Crippen LogP contribution >= 0.6 is 13.7 Å². The summed E-state index contributed by atoms with van der Waals surface area (Å²) in [6.45, 7) is 16.6. The van der Waals surface area contributed by atoms with Gasteiger partial charge in [-0.15, -0.1) is 0 Å². The molecular formula is C20H46O4P2. The fourth-order valence-corrected chi connectivity index (χ4v) is 7.57. The summed E-state index contributed by atoms with van der Waals surface area (Å²) in [5.74, 6) is -0.0391. The molecule has 0 unspecified atom stereocenters. The molecule has 0 heterocycles. The Labute approximate surface area is 163 Å². The van der Waals surface area contributed by atoms with Gasteiger partial charge in [-0.3, -0.25) is 0 Å². The summed E-state index contributed by atoms with van der Waals surface area (Å²) < 4.78 is 11.3. The van der Waals surface area contributed by atoms with Crippen molar-refractivity contribution in [3.05, 3.63) is 0 Å². The molecule has 4 nitrogen and oxygen atoms in total. The van der Waals surface area contributed by atoms with Crippen molar-refractivity contribution in [3.8, 4) is 0 Å². The van der Waals surface area contributed by atoms with Crippen molar-refractivity contribution in [2.45, 2.75) is 67.2 Å². The SMILES string of the molecule is CCCC(=O)OP(C)(C)(C)C.CCCC(=O)OP(CC)(CC)(CC)CC. The Morgan fingerprint density at radius 3 is 1.15 bits per heavy atom. The summed E-state index contributed by atoms with van der Waals surface area (Å²) in [6.07, 6.45) is 6.99. The van der Waals surface area contributed by atoms with Crippen LogP contribution in [0.25, 0.3) is 0 Å². The van der Waals surface area contributed by atoms with E-state index in [0.717, 1.165) is 37.5 Å². The van der Waals surface area contributed by atoms with Gasteiger partial charge in [0, 0.05) is 0 Å². The van der Waals surface area contributed by atoms with E-state index in [2.05, 4.69) is 27.7 Å². The molecule has 160 valence electrons. The van der Waals surface area contributed by atoms with Crippen molar-refractivity contribution in [1.82, 2.24) is 0 Å². The summed E-state index contributed by atoms with van der Waals surface area (Å²) in [4.78, 5) is 22.8. The van der Waals surface area contributed by atoms with E-state index in [1.165, 1.54) is 0 Å². The average Bonchev–Trinajstić information content (AvgIpc) is 2.52. The van der Waals surface area contributed by atoms with Gasteiger partial charge in [-0.1, -0.05) is 0 Å². The first kappa shape index (κ1) is 28.0. The first-order chi connectivity index (χ1) is 11.7. The molecule has 0 fully saturated rings. The van der Waals surface area contributed by atoms with Gasteiger partial charge >= 0.3 is 163 Å². The molecule has 0 bridgehead atoms. The van der Waals surface area contributed by atoms with Gasteiger partial charge in [-0.2, -0.15) is 0 Å². The van der Waals surface area contributed by atoms with E-state index in [9.17, 15) is 9.59 Å². The van der Waals surface area contributed by atoms with Gasteiger partial charge in [0.15, 0.2) is 0 Å². The van der Waals surface area contributed by atoms with Gasteiger partial charge in [-0.25, -0.2) is 0 Å².